The maximum atomic E-state index is 3.71. The summed E-state index contributed by atoms with van der Waals surface area (Å²) in [5.74, 6) is 0.874. The average Bonchev–Trinajstić information content (AvgIpc) is 3.04. The van der Waals surface area contributed by atoms with Crippen molar-refractivity contribution in [2.75, 3.05) is 6.54 Å². The molecule has 3 unspecified atom stereocenters. The van der Waals surface area contributed by atoms with Crippen LogP contribution in [0, 0.1) is 5.92 Å². The van der Waals surface area contributed by atoms with Gasteiger partial charge in [-0.05, 0) is 55.2 Å². The molecule has 0 radical (unpaired) electrons. The fraction of sp³-hybridized carbons (Fsp3) is 0.714. The summed E-state index contributed by atoms with van der Waals surface area (Å²) < 4.78 is 0. The molecular formula is C14H22N2S. The second kappa shape index (κ2) is 5.09. The van der Waals surface area contributed by atoms with Crippen molar-refractivity contribution < 1.29 is 0 Å². The molecule has 2 saturated heterocycles. The van der Waals surface area contributed by atoms with Crippen molar-refractivity contribution in [3.8, 4) is 0 Å². The Labute approximate surface area is 108 Å². The minimum Gasteiger partial charge on any atom is -0.312 e. The van der Waals surface area contributed by atoms with Crippen LogP contribution in [0.15, 0.2) is 11.4 Å². The van der Waals surface area contributed by atoms with Crippen LogP contribution in [0.5, 0.6) is 0 Å². The van der Waals surface area contributed by atoms with Gasteiger partial charge < -0.3 is 10.6 Å². The molecule has 3 atom stereocenters. The van der Waals surface area contributed by atoms with E-state index in [9.17, 15) is 0 Å². The quantitative estimate of drug-likeness (QED) is 0.839. The maximum absolute atomic E-state index is 3.71. The topological polar surface area (TPSA) is 24.1 Å². The first-order chi connectivity index (χ1) is 8.36. The fourth-order valence-corrected chi connectivity index (χ4v) is 4.32. The molecular weight excluding hydrogens is 228 g/mol. The van der Waals surface area contributed by atoms with Gasteiger partial charge in [-0.3, -0.25) is 0 Å². The minimum absolute atomic E-state index is 0.807. The number of fused-ring (bicyclic) bond motifs is 2. The van der Waals surface area contributed by atoms with Crippen LogP contribution in [-0.4, -0.2) is 18.6 Å². The molecule has 2 N–H and O–H groups in total. The van der Waals surface area contributed by atoms with Crippen molar-refractivity contribution >= 4 is 11.3 Å². The molecule has 94 valence electrons. The van der Waals surface area contributed by atoms with Crippen molar-refractivity contribution in [3.63, 3.8) is 0 Å². The van der Waals surface area contributed by atoms with Crippen LogP contribution in [0.1, 0.15) is 36.6 Å². The summed E-state index contributed by atoms with van der Waals surface area (Å²) in [5, 5.41) is 9.58. The van der Waals surface area contributed by atoms with E-state index >= 15 is 0 Å². The van der Waals surface area contributed by atoms with E-state index in [1.165, 1.54) is 36.2 Å². The van der Waals surface area contributed by atoms with Crippen molar-refractivity contribution in [3.05, 3.63) is 21.9 Å². The molecule has 2 nitrogen and oxygen atoms in total. The van der Waals surface area contributed by atoms with Gasteiger partial charge in [-0.2, -0.15) is 0 Å². The Morgan fingerprint density at radius 2 is 2.41 bits per heavy atom. The Bertz CT molecular complexity index is 374. The van der Waals surface area contributed by atoms with Gasteiger partial charge in [0.2, 0.25) is 0 Å². The summed E-state index contributed by atoms with van der Waals surface area (Å²) in [6, 6.07) is 3.90. The van der Waals surface area contributed by atoms with Crippen LogP contribution in [0.4, 0.5) is 0 Å². The summed E-state index contributed by atoms with van der Waals surface area (Å²) in [5.41, 5.74) is 1.52. The van der Waals surface area contributed by atoms with E-state index in [-0.39, 0.29) is 0 Å². The van der Waals surface area contributed by atoms with Crippen molar-refractivity contribution in [1.29, 1.82) is 0 Å². The van der Waals surface area contributed by atoms with Crippen LogP contribution < -0.4 is 10.6 Å². The third kappa shape index (κ3) is 2.42. The van der Waals surface area contributed by atoms with Gasteiger partial charge in [0.25, 0.3) is 0 Å². The summed E-state index contributed by atoms with van der Waals surface area (Å²) in [7, 11) is 0. The van der Waals surface area contributed by atoms with Crippen LogP contribution in [0.2, 0.25) is 0 Å². The number of nitrogens with one attached hydrogen (secondary N) is 2. The zero-order chi connectivity index (χ0) is 11.7. The van der Waals surface area contributed by atoms with E-state index in [2.05, 4.69) is 29.0 Å². The Morgan fingerprint density at radius 3 is 3.12 bits per heavy atom. The number of hydrogen-bond donors (Lipinski definition) is 2. The highest BCUT2D eigenvalue weighted by Gasteiger charge is 2.38. The lowest BCUT2D eigenvalue weighted by Gasteiger charge is -2.20. The van der Waals surface area contributed by atoms with Crippen LogP contribution in [0.3, 0.4) is 0 Å². The molecule has 1 aromatic rings. The molecule has 0 aliphatic carbocycles. The average molecular weight is 250 g/mol. The Kier molecular flexibility index (Phi) is 3.50. The second-order valence-electron chi connectivity index (χ2n) is 5.40. The molecule has 17 heavy (non-hydrogen) atoms. The van der Waals surface area contributed by atoms with E-state index in [4.69, 9.17) is 0 Å². The molecule has 3 rings (SSSR count). The largest absolute Gasteiger partial charge is 0.312 e. The fourth-order valence-electron chi connectivity index (χ4n) is 3.37. The van der Waals surface area contributed by atoms with Gasteiger partial charge >= 0.3 is 0 Å². The van der Waals surface area contributed by atoms with E-state index in [1.54, 1.807) is 0 Å². The first-order valence-corrected chi connectivity index (χ1v) is 7.76. The summed E-state index contributed by atoms with van der Waals surface area (Å²) in [6.07, 6.45) is 5.36. The second-order valence-corrected chi connectivity index (χ2v) is 6.40. The molecule has 0 aromatic carbocycles. The number of rotatable bonds is 5. The molecule has 2 aliphatic rings. The molecule has 3 heteroatoms. The smallest absolute Gasteiger partial charge is 0.0302 e. The zero-order valence-corrected chi connectivity index (χ0v) is 11.4. The highest BCUT2D eigenvalue weighted by molar-refractivity contribution is 7.10. The first-order valence-electron chi connectivity index (χ1n) is 6.89. The monoisotopic (exact) mass is 250 g/mol. The summed E-state index contributed by atoms with van der Waals surface area (Å²) in [6.45, 7) is 4.50. The van der Waals surface area contributed by atoms with Gasteiger partial charge in [0.15, 0.2) is 0 Å². The lowest BCUT2D eigenvalue weighted by Crippen LogP contribution is -2.31. The predicted octanol–water partition coefficient (Wildman–Crippen LogP) is 2.54. The van der Waals surface area contributed by atoms with E-state index in [1.807, 2.05) is 11.3 Å². The third-order valence-corrected chi connectivity index (χ3v) is 5.31. The Balaban J connectivity index is 1.46. The van der Waals surface area contributed by atoms with Gasteiger partial charge in [0.05, 0.1) is 0 Å². The van der Waals surface area contributed by atoms with Gasteiger partial charge in [-0.1, -0.05) is 6.92 Å². The van der Waals surface area contributed by atoms with Crippen LogP contribution >= 0.6 is 11.3 Å². The molecule has 3 heterocycles. The molecule has 2 fully saturated rings. The van der Waals surface area contributed by atoms with Gasteiger partial charge in [0.1, 0.15) is 0 Å². The highest BCUT2D eigenvalue weighted by Crippen LogP contribution is 2.32. The SMILES string of the molecule is CCc1ccsc1CNCC1CC2CCC1N2. The summed E-state index contributed by atoms with van der Waals surface area (Å²) in [4.78, 5) is 1.53. The molecule has 0 spiro atoms. The number of aryl methyl sites for hydroxylation is 1. The van der Waals surface area contributed by atoms with Crippen molar-refractivity contribution in [1.82, 2.24) is 10.6 Å². The molecule has 1 aromatic heterocycles. The first kappa shape index (κ1) is 11.7. The molecule has 2 aliphatic heterocycles. The molecule has 0 saturated carbocycles. The third-order valence-electron chi connectivity index (χ3n) is 4.34. The van der Waals surface area contributed by atoms with Crippen molar-refractivity contribution in [2.24, 2.45) is 5.92 Å². The van der Waals surface area contributed by atoms with Gasteiger partial charge in [-0.15, -0.1) is 11.3 Å². The standard InChI is InChI=1S/C14H22N2S/c1-2-10-5-6-17-14(10)9-15-8-11-7-12-3-4-13(11)16-12/h5-6,11-13,15-16H,2-4,7-9H2,1H3. The lowest BCUT2D eigenvalue weighted by molar-refractivity contribution is 0.383. The minimum atomic E-state index is 0.807. The van der Waals surface area contributed by atoms with Crippen LogP contribution in [0.25, 0.3) is 0 Å². The van der Waals surface area contributed by atoms with E-state index in [0.29, 0.717) is 0 Å². The zero-order valence-electron chi connectivity index (χ0n) is 10.5. The maximum Gasteiger partial charge on any atom is 0.0302 e. The Hall–Kier alpha value is -0.380. The van der Waals surface area contributed by atoms with Gasteiger partial charge in [-0.25, -0.2) is 0 Å². The normalized spacial score (nSPS) is 31.2. The summed E-state index contributed by atoms with van der Waals surface area (Å²) >= 11 is 1.89. The van der Waals surface area contributed by atoms with E-state index in [0.717, 1.165) is 31.0 Å². The molecule has 0 amide bonds. The predicted molar refractivity (Wildman–Crippen MR) is 73.5 cm³/mol. The van der Waals surface area contributed by atoms with Crippen molar-refractivity contribution in [2.45, 2.75) is 51.2 Å². The van der Waals surface area contributed by atoms with E-state index < -0.39 is 0 Å². The van der Waals surface area contributed by atoms with Crippen LogP contribution in [-0.2, 0) is 13.0 Å². The van der Waals surface area contributed by atoms with Gasteiger partial charge in [0, 0.05) is 23.5 Å². The highest BCUT2D eigenvalue weighted by atomic mass is 32.1. The molecule has 2 bridgehead atoms. The number of thiophene rings is 1. The number of hydrogen-bond acceptors (Lipinski definition) is 3. The Morgan fingerprint density at radius 1 is 1.47 bits per heavy atom. The lowest BCUT2D eigenvalue weighted by atomic mass is 9.89.